The van der Waals surface area contributed by atoms with Crippen LogP contribution < -0.4 is 5.32 Å². The van der Waals surface area contributed by atoms with Gasteiger partial charge in [0.1, 0.15) is 17.8 Å². The summed E-state index contributed by atoms with van der Waals surface area (Å²) in [4.78, 5) is 28.4. The number of aromatic nitrogens is 1. The van der Waals surface area contributed by atoms with Crippen LogP contribution in [0.15, 0.2) is 12.3 Å². The lowest BCUT2D eigenvalue weighted by molar-refractivity contribution is -0.153. The Morgan fingerprint density at radius 2 is 2.05 bits per heavy atom. The van der Waals surface area contributed by atoms with Gasteiger partial charge in [0.15, 0.2) is 5.78 Å². The Morgan fingerprint density at radius 1 is 1.38 bits per heavy atom. The normalized spacial score (nSPS) is 14.7. The number of carbonyl (C=O) groups is 2. The van der Waals surface area contributed by atoms with Crippen molar-refractivity contribution < 1.29 is 14.3 Å². The number of anilines is 1. The molecule has 2 rings (SSSR count). The van der Waals surface area contributed by atoms with E-state index in [0.717, 1.165) is 18.4 Å². The summed E-state index contributed by atoms with van der Waals surface area (Å²) in [6.45, 7) is 7.22. The second-order valence-corrected chi connectivity index (χ2v) is 6.51. The molecular formula is C16H22N2O3. The van der Waals surface area contributed by atoms with Crippen molar-refractivity contribution in [1.29, 1.82) is 0 Å². The third-order valence-corrected chi connectivity index (χ3v) is 2.97. The summed E-state index contributed by atoms with van der Waals surface area (Å²) in [6.07, 6.45) is 3.64. The maximum absolute atomic E-state index is 12.3. The minimum atomic E-state index is -0.586. The van der Waals surface area contributed by atoms with E-state index in [4.69, 9.17) is 4.74 Å². The average Bonchev–Trinajstić information content (AvgIpc) is 3.12. The van der Waals surface area contributed by atoms with Crippen molar-refractivity contribution in [3.05, 3.63) is 23.4 Å². The molecule has 0 spiro atoms. The van der Waals surface area contributed by atoms with Crippen LogP contribution in [0.4, 0.5) is 5.82 Å². The molecule has 5 heteroatoms. The number of pyridine rings is 1. The first kappa shape index (κ1) is 15.5. The molecular weight excluding hydrogens is 268 g/mol. The molecule has 21 heavy (non-hydrogen) atoms. The fraction of sp³-hybridized carbons (Fsp3) is 0.562. The van der Waals surface area contributed by atoms with Crippen molar-refractivity contribution in [3.8, 4) is 0 Å². The molecule has 1 N–H and O–H groups in total. The molecule has 0 saturated heterocycles. The number of ketones is 1. The van der Waals surface area contributed by atoms with E-state index in [2.05, 4.69) is 10.3 Å². The molecule has 5 nitrogen and oxygen atoms in total. The summed E-state index contributed by atoms with van der Waals surface area (Å²) in [7, 11) is 0. The number of hydrogen-bond donors (Lipinski definition) is 1. The first-order valence-corrected chi connectivity index (χ1v) is 7.23. The van der Waals surface area contributed by atoms with Gasteiger partial charge in [-0.3, -0.25) is 9.59 Å². The Hall–Kier alpha value is -1.91. The van der Waals surface area contributed by atoms with Crippen LogP contribution in [0.3, 0.4) is 0 Å². The van der Waals surface area contributed by atoms with Crippen LogP contribution in [0, 0.1) is 6.92 Å². The van der Waals surface area contributed by atoms with Crippen LogP contribution in [-0.4, -0.2) is 28.4 Å². The van der Waals surface area contributed by atoms with E-state index in [9.17, 15) is 9.59 Å². The van der Waals surface area contributed by atoms with E-state index in [1.54, 1.807) is 33.0 Å². The molecule has 1 heterocycles. The van der Waals surface area contributed by atoms with Gasteiger partial charge in [-0.25, -0.2) is 4.98 Å². The van der Waals surface area contributed by atoms with Crippen LogP contribution in [-0.2, 0) is 9.53 Å². The highest BCUT2D eigenvalue weighted by Gasteiger charge is 2.26. The largest absolute Gasteiger partial charge is 0.460 e. The van der Waals surface area contributed by atoms with Gasteiger partial charge in [-0.15, -0.1) is 0 Å². The summed E-state index contributed by atoms with van der Waals surface area (Å²) in [5.74, 6) is -0.202. The van der Waals surface area contributed by atoms with Gasteiger partial charge in [-0.2, -0.15) is 0 Å². The maximum Gasteiger partial charge on any atom is 0.314 e. The molecule has 0 atom stereocenters. The van der Waals surface area contributed by atoms with Crippen molar-refractivity contribution in [2.24, 2.45) is 0 Å². The number of nitrogens with zero attached hydrogens (tertiary/aromatic N) is 1. The van der Waals surface area contributed by atoms with Crippen LogP contribution >= 0.6 is 0 Å². The minimum Gasteiger partial charge on any atom is -0.460 e. The van der Waals surface area contributed by atoms with E-state index >= 15 is 0 Å². The third kappa shape index (κ3) is 4.85. The highest BCUT2D eigenvalue weighted by atomic mass is 16.6. The van der Waals surface area contributed by atoms with E-state index < -0.39 is 11.6 Å². The number of carbonyl (C=O) groups excluding carboxylic acids is 2. The molecule has 114 valence electrons. The van der Waals surface area contributed by atoms with Crippen LogP contribution in [0.2, 0.25) is 0 Å². The molecule has 0 bridgehead atoms. The molecule has 0 radical (unpaired) electrons. The molecule has 0 aliphatic heterocycles. The molecule has 1 aromatic rings. The predicted molar refractivity (Wildman–Crippen MR) is 80.4 cm³/mol. The van der Waals surface area contributed by atoms with Crippen molar-refractivity contribution in [2.75, 3.05) is 5.32 Å². The van der Waals surface area contributed by atoms with Crippen molar-refractivity contribution in [1.82, 2.24) is 4.98 Å². The topological polar surface area (TPSA) is 68.3 Å². The molecule has 1 saturated carbocycles. The lowest BCUT2D eigenvalue weighted by Crippen LogP contribution is -2.25. The first-order chi connectivity index (χ1) is 9.74. The number of esters is 1. The third-order valence-electron chi connectivity index (χ3n) is 2.97. The molecule has 0 amide bonds. The van der Waals surface area contributed by atoms with E-state index in [1.165, 1.54) is 0 Å². The van der Waals surface area contributed by atoms with Gasteiger partial charge in [0.2, 0.25) is 0 Å². The second-order valence-electron chi connectivity index (χ2n) is 6.51. The lowest BCUT2D eigenvalue weighted by Gasteiger charge is -2.19. The van der Waals surface area contributed by atoms with Crippen LogP contribution in [0.25, 0.3) is 0 Å². The van der Waals surface area contributed by atoms with Gasteiger partial charge >= 0.3 is 5.97 Å². The number of nitrogens with one attached hydrogen (secondary N) is 1. The summed E-state index contributed by atoms with van der Waals surface area (Å²) in [5, 5.41) is 3.23. The van der Waals surface area contributed by atoms with Gasteiger partial charge in [-0.1, -0.05) is 0 Å². The number of Topliss-reactive ketones (excluding diaryl/α,β-unsaturated/α-hetero) is 1. The zero-order chi connectivity index (χ0) is 15.6. The molecule has 1 fully saturated rings. The fourth-order valence-corrected chi connectivity index (χ4v) is 1.92. The van der Waals surface area contributed by atoms with Gasteiger partial charge in [0.25, 0.3) is 0 Å². The number of ether oxygens (including phenoxy) is 1. The molecule has 1 aromatic heterocycles. The van der Waals surface area contributed by atoms with Crippen LogP contribution in [0.5, 0.6) is 0 Å². The van der Waals surface area contributed by atoms with E-state index in [0.29, 0.717) is 17.4 Å². The number of rotatable bonds is 5. The number of aryl methyl sites for hydroxylation is 1. The zero-order valence-corrected chi connectivity index (χ0v) is 13.0. The fourth-order valence-electron chi connectivity index (χ4n) is 1.92. The smallest absolute Gasteiger partial charge is 0.314 e. The molecule has 0 aromatic carbocycles. The number of hydrogen-bond acceptors (Lipinski definition) is 5. The summed E-state index contributed by atoms with van der Waals surface area (Å²) in [5.41, 5.74) is 0.772. The predicted octanol–water partition coefficient (Wildman–Crippen LogP) is 2.88. The van der Waals surface area contributed by atoms with Gasteiger partial charge in [0, 0.05) is 12.2 Å². The summed E-state index contributed by atoms with van der Waals surface area (Å²) < 4.78 is 5.19. The Bertz CT molecular complexity index is 557. The molecule has 0 unspecified atom stereocenters. The van der Waals surface area contributed by atoms with Crippen molar-refractivity contribution >= 4 is 17.6 Å². The first-order valence-electron chi connectivity index (χ1n) is 7.23. The summed E-state index contributed by atoms with van der Waals surface area (Å²) >= 11 is 0. The quantitative estimate of drug-likeness (QED) is 0.513. The molecule has 1 aliphatic rings. The Morgan fingerprint density at radius 3 is 2.62 bits per heavy atom. The van der Waals surface area contributed by atoms with Gasteiger partial charge in [-0.05, 0) is 52.2 Å². The van der Waals surface area contributed by atoms with E-state index in [1.807, 2.05) is 6.92 Å². The van der Waals surface area contributed by atoms with Crippen LogP contribution in [0.1, 0.15) is 56.0 Å². The highest BCUT2D eigenvalue weighted by molar-refractivity contribution is 6.08. The lowest BCUT2D eigenvalue weighted by atomic mass is 10.1. The van der Waals surface area contributed by atoms with Crippen molar-refractivity contribution in [2.45, 2.75) is 58.6 Å². The highest BCUT2D eigenvalue weighted by Crippen LogP contribution is 2.26. The SMILES string of the molecule is Cc1cnc(NC2CC2)c(C(=O)CC(=O)OC(C)(C)C)c1. The van der Waals surface area contributed by atoms with Gasteiger partial charge < -0.3 is 10.1 Å². The Kier molecular flexibility index (Phi) is 4.30. The van der Waals surface area contributed by atoms with Crippen molar-refractivity contribution in [3.63, 3.8) is 0 Å². The standard InChI is InChI=1S/C16H22N2O3/c1-10-7-12(15(17-9-10)18-11-5-6-11)13(19)8-14(20)21-16(2,3)4/h7,9,11H,5-6,8H2,1-4H3,(H,17,18). The Labute approximate surface area is 125 Å². The van der Waals surface area contributed by atoms with E-state index in [-0.39, 0.29) is 12.2 Å². The zero-order valence-electron chi connectivity index (χ0n) is 13.0. The maximum atomic E-state index is 12.3. The second kappa shape index (κ2) is 5.84. The summed E-state index contributed by atoms with van der Waals surface area (Å²) in [6, 6.07) is 2.16. The Balaban J connectivity index is 2.10. The van der Waals surface area contributed by atoms with Gasteiger partial charge in [0.05, 0.1) is 5.56 Å². The minimum absolute atomic E-state index is 0.261. The average molecular weight is 290 g/mol. The molecule has 1 aliphatic carbocycles. The monoisotopic (exact) mass is 290 g/mol.